The number of anilines is 2. The van der Waals surface area contributed by atoms with Crippen LogP contribution < -0.4 is 20.1 Å². The molecule has 0 saturated heterocycles. The number of benzene rings is 2. The summed E-state index contributed by atoms with van der Waals surface area (Å²) in [6.45, 7) is 1.87. The van der Waals surface area contributed by atoms with Gasteiger partial charge in [-0.15, -0.1) is 0 Å². The average molecular weight is 354 g/mol. The molecule has 0 aromatic heterocycles. The standard InChI is InChI=1S/C21H26N2O3/c1-14(22-18-10-6-8-15-7-4-5-9-17(15)18)21(24)23-16-11-12-19(25-2)20(13-16)26-3/h6,8,10-14,22H,4-5,7,9H2,1-3H3,(H,23,24). The van der Waals surface area contributed by atoms with E-state index in [-0.39, 0.29) is 11.9 Å². The molecular weight excluding hydrogens is 328 g/mol. The first-order chi connectivity index (χ1) is 12.6. The molecule has 3 rings (SSSR count). The number of hydrogen-bond donors (Lipinski definition) is 2. The van der Waals surface area contributed by atoms with Crippen molar-refractivity contribution in [2.75, 3.05) is 24.9 Å². The van der Waals surface area contributed by atoms with Gasteiger partial charge in [-0.25, -0.2) is 0 Å². The zero-order valence-corrected chi connectivity index (χ0v) is 15.6. The number of ether oxygens (including phenoxy) is 2. The molecule has 0 saturated carbocycles. The molecule has 5 nitrogen and oxygen atoms in total. The fourth-order valence-electron chi connectivity index (χ4n) is 3.38. The van der Waals surface area contributed by atoms with Gasteiger partial charge in [-0.2, -0.15) is 0 Å². The van der Waals surface area contributed by atoms with Crippen LogP contribution in [0.4, 0.5) is 11.4 Å². The Morgan fingerprint density at radius 3 is 2.58 bits per heavy atom. The normalized spacial score (nSPS) is 14.1. The van der Waals surface area contributed by atoms with Gasteiger partial charge in [0.05, 0.1) is 14.2 Å². The number of methoxy groups -OCH3 is 2. The van der Waals surface area contributed by atoms with E-state index < -0.39 is 0 Å². The first kappa shape index (κ1) is 18.1. The Kier molecular flexibility index (Phi) is 5.66. The summed E-state index contributed by atoms with van der Waals surface area (Å²) >= 11 is 0. The van der Waals surface area contributed by atoms with Crippen LogP contribution in [-0.4, -0.2) is 26.2 Å². The SMILES string of the molecule is COc1ccc(NC(=O)C(C)Nc2cccc3c2CCCC3)cc1OC. The minimum absolute atomic E-state index is 0.0920. The van der Waals surface area contributed by atoms with Gasteiger partial charge >= 0.3 is 0 Å². The molecule has 138 valence electrons. The molecule has 0 heterocycles. The van der Waals surface area contributed by atoms with Crippen LogP contribution in [0.5, 0.6) is 11.5 Å². The number of fused-ring (bicyclic) bond motifs is 1. The largest absolute Gasteiger partial charge is 0.493 e. The Hall–Kier alpha value is -2.69. The second kappa shape index (κ2) is 8.13. The number of carbonyl (C=O) groups is 1. The lowest BCUT2D eigenvalue weighted by molar-refractivity contribution is -0.116. The van der Waals surface area contributed by atoms with Crippen molar-refractivity contribution in [1.82, 2.24) is 0 Å². The number of nitrogens with one attached hydrogen (secondary N) is 2. The van der Waals surface area contributed by atoms with E-state index in [9.17, 15) is 4.79 Å². The monoisotopic (exact) mass is 354 g/mol. The highest BCUT2D eigenvalue weighted by Crippen LogP contribution is 2.30. The van der Waals surface area contributed by atoms with Crippen molar-refractivity contribution < 1.29 is 14.3 Å². The molecule has 1 amide bonds. The predicted octanol–water partition coefficient (Wildman–Crippen LogP) is 4.02. The van der Waals surface area contributed by atoms with E-state index in [1.54, 1.807) is 32.4 Å². The number of carbonyl (C=O) groups excluding carboxylic acids is 1. The molecule has 5 heteroatoms. The van der Waals surface area contributed by atoms with Crippen molar-refractivity contribution in [3.63, 3.8) is 0 Å². The maximum atomic E-state index is 12.6. The van der Waals surface area contributed by atoms with Crippen molar-refractivity contribution in [1.29, 1.82) is 0 Å². The van der Waals surface area contributed by atoms with Gasteiger partial charge in [0, 0.05) is 17.4 Å². The summed E-state index contributed by atoms with van der Waals surface area (Å²) in [6.07, 6.45) is 4.64. The predicted molar refractivity (Wildman–Crippen MR) is 104 cm³/mol. The molecule has 1 unspecified atom stereocenters. The van der Waals surface area contributed by atoms with E-state index in [1.807, 2.05) is 6.92 Å². The zero-order valence-electron chi connectivity index (χ0n) is 15.6. The highest BCUT2D eigenvalue weighted by atomic mass is 16.5. The Labute approximate surface area is 154 Å². The molecule has 2 aromatic carbocycles. The first-order valence-electron chi connectivity index (χ1n) is 9.02. The molecular formula is C21H26N2O3. The molecule has 2 aromatic rings. The van der Waals surface area contributed by atoms with Crippen LogP contribution in [-0.2, 0) is 17.6 Å². The van der Waals surface area contributed by atoms with Crippen LogP contribution in [0.25, 0.3) is 0 Å². The lowest BCUT2D eigenvalue weighted by Crippen LogP contribution is -2.32. The number of aryl methyl sites for hydroxylation is 1. The summed E-state index contributed by atoms with van der Waals surface area (Å²) in [5.74, 6) is 1.13. The summed E-state index contributed by atoms with van der Waals surface area (Å²) in [5, 5.41) is 6.30. The van der Waals surface area contributed by atoms with Crippen LogP contribution >= 0.6 is 0 Å². The molecule has 0 radical (unpaired) electrons. The van der Waals surface area contributed by atoms with Crippen molar-refractivity contribution in [3.8, 4) is 11.5 Å². The summed E-state index contributed by atoms with van der Waals surface area (Å²) in [4.78, 5) is 12.6. The third-order valence-corrected chi connectivity index (χ3v) is 4.81. The highest BCUT2D eigenvalue weighted by molar-refractivity contribution is 5.96. The molecule has 0 spiro atoms. The van der Waals surface area contributed by atoms with E-state index in [2.05, 4.69) is 28.8 Å². The van der Waals surface area contributed by atoms with Gasteiger partial charge in [-0.3, -0.25) is 4.79 Å². The van der Waals surface area contributed by atoms with Gasteiger partial charge in [0.25, 0.3) is 0 Å². The van der Waals surface area contributed by atoms with Crippen LogP contribution in [0.3, 0.4) is 0 Å². The lowest BCUT2D eigenvalue weighted by atomic mass is 9.90. The Morgan fingerprint density at radius 2 is 1.81 bits per heavy atom. The zero-order chi connectivity index (χ0) is 18.5. The van der Waals surface area contributed by atoms with Gasteiger partial charge in [-0.05, 0) is 61.9 Å². The third kappa shape index (κ3) is 3.93. The molecule has 0 aliphatic heterocycles. The Balaban J connectivity index is 1.69. The summed E-state index contributed by atoms with van der Waals surface area (Å²) in [7, 11) is 3.16. The third-order valence-electron chi connectivity index (χ3n) is 4.81. The maximum absolute atomic E-state index is 12.6. The fraction of sp³-hybridized carbons (Fsp3) is 0.381. The first-order valence-corrected chi connectivity index (χ1v) is 9.02. The van der Waals surface area contributed by atoms with Crippen molar-refractivity contribution in [3.05, 3.63) is 47.5 Å². The molecule has 26 heavy (non-hydrogen) atoms. The summed E-state index contributed by atoms with van der Waals surface area (Å²) in [5.41, 5.74) is 4.49. The fourth-order valence-corrected chi connectivity index (χ4v) is 3.38. The number of amides is 1. The lowest BCUT2D eigenvalue weighted by Gasteiger charge is -2.22. The van der Waals surface area contributed by atoms with Crippen LogP contribution in [0.1, 0.15) is 30.9 Å². The van der Waals surface area contributed by atoms with Gasteiger partial charge in [0.15, 0.2) is 11.5 Å². The molecule has 0 bridgehead atoms. The van der Waals surface area contributed by atoms with Crippen molar-refractivity contribution in [2.45, 2.75) is 38.6 Å². The van der Waals surface area contributed by atoms with Crippen LogP contribution in [0, 0.1) is 0 Å². The van der Waals surface area contributed by atoms with Crippen molar-refractivity contribution in [2.24, 2.45) is 0 Å². The maximum Gasteiger partial charge on any atom is 0.246 e. The minimum Gasteiger partial charge on any atom is -0.493 e. The number of hydrogen-bond acceptors (Lipinski definition) is 4. The van der Waals surface area contributed by atoms with Crippen LogP contribution in [0.2, 0.25) is 0 Å². The topological polar surface area (TPSA) is 59.6 Å². The van der Waals surface area contributed by atoms with Gasteiger partial charge in [0.1, 0.15) is 6.04 Å². The van der Waals surface area contributed by atoms with E-state index in [4.69, 9.17) is 9.47 Å². The number of rotatable bonds is 6. The van der Waals surface area contributed by atoms with E-state index in [0.717, 1.165) is 18.5 Å². The van der Waals surface area contributed by atoms with E-state index in [1.165, 1.54) is 24.0 Å². The Morgan fingerprint density at radius 1 is 1.04 bits per heavy atom. The second-order valence-electron chi connectivity index (χ2n) is 6.58. The summed E-state index contributed by atoms with van der Waals surface area (Å²) < 4.78 is 10.5. The molecule has 0 fully saturated rings. The molecule has 1 aliphatic rings. The molecule has 1 atom stereocenters. The van der Waals surface area contributed by atoms with Gasteiger partial charge in [0.2, 0.25) is 5.91 Å². The van der Waals surface area contributed by atoms with Gasteiger partial charge < -0.3 is 20.1 Å². The van der Waals surface area contributed by atoms with E-state index in [0.29, 0.717) is 17.2 Å². The smallest absolute Gasteiger partial charge is 0.246 e. The van der Waals surface area contributed by atoms with Crippen LogP contribution in [0.15, 0.2) is 36.4 Å². The minimum atomic E-state index is -0.350. The second-order valence-corrected chi connectivity index (χ2v) is 6.58. The average Bonchev–Trinajstić information content (AvgIpc) is 2.68. The quantitative estimate of drug-likeness (QED) is 0.822. The highest BCUT2D eigenvalue weighted by Gasteiger charge is 2.18. The molecule has 2 N–H and O–H groups in total. The van der Waals surface area contributed by atoms with Crippen molar-refractivity contribution >= 4 is 17.3 Å². The summed E-state index contributed by atoms with van der Waals surface area (Å²) in [6, 6.07) is 11.3. The molecule has 1 aliphatic carbocycles. The van der Waals surface area contributed by atoms with Gasteiger partial charge in [-0.1, -0.05) is 12.1 Å². The Bertz CT molecular complexity index is 789. The van der Waals surface area contributed by atoms with E-state index >= 15 is 0 Å².